The molecular weight excluding hydrogens is 226 g/mol. The van der Waals surface area contributed by atoms with Crippen LogP contribution in [0.4, 0.5) is 0 Å². The zero-order valence-corrected chi connectivity index (χ0v) is 12.1. The molecule has 1 aliphatic rings. The standard InChI is InChI=1S/C14H29N3O/c1-11(12-7-5-4-6-8-12)16-10-9-14(2,3)13(15)17-18/h11-12,16,18H,4-10H2,1-3H3,(H2,15,17)/t11-/m0/s1. The molecule has 1 rings (SSSR count). The molecule has 0 aromatic rings. The molecule has 1 saturated carbocycles. The van der Waals surface area contributed by atoms with Gasteiger partial charge in [-0.25, -0.2) is 0 Å². The van der Waals surface area contributed by atoms with Crippen molar-refractivity contribution in [3.63, 3.8) is 0 Å². The fourth-order valence-corrected chi connectivity index (χ4v) is 2.68. The van der Waals surface area contributed by atoms with Crippen LogP contribution < -0.4 is 11.1 Å². The second-order valence-corrected chi connectivity index (χ2v) is 6.26. The van der Waals surface area contributed by atoms with E-state index in [9.17, 15) is 0 Å². The molecule has 4 N–H and O–H groups in total. The largest absolute Gasteiger partial charge is 0.409 e. The van der Waals surface area contributed by atoms with Gasteiger partial charge in [0.25, 0.3) is 0 Å². The summed E-state index contributed by atoms with van der Waals surface area (Å²) in [7, 11) is 0. The molecule has 0 radical (unpaired) electrons. The smallest absolute Gasteiger partial charge is 0.144 e. The summed E-state index contributed by atoms with van der Waals surface area (Å²) in [5.74, 6) is 1.14. The molecule has 0 unspecified atom stereocenters. The fourth-order valence-electron chi connectivity index (χ4n) is 2.68. The lowest BCUT2D eigenvalue weighted by molar-refractivity contribution is 0.272. The molecule has 0 spiro atoms. The first-order valence-electron chi connectivity index (χ1n) is 7.19. The molecule has 18 heavy (non-hydrogen) atoms. The number of hydrogen-bond donors (Lipinski definition) is 3. The number of hydrogen-bond acceptors (Lipinski definition) is 3. The minimum absolute atomic E-state index is 0.242. The molecule has 0 aliphatic heterocycles. The van der Waals surface area contributed by atoms with Crippen LogP contribution in [-0.4, -0.2) is 23.6 Å². The van der Waals surface area contributed by atoms with Crippen LogP contribution in [0.15, 0.2) is 5.16 Å². The molecule has 4 heteroatoms. The molecule has 106 valence electrons. The minimum atomic E-state index is -0.242. The quantitative estimate of drug-likeness (QED) is 0.296. The van der Waals surface area contributed by atoms with Crippen molar-refractivity contribution in [2.75, 3.05) is 6.54 Å². The van der Waals surface area contributed by atoms with Gasteiger partial charge in [0.05, 0.1) is 0 Å². The number of oxime groups is 1. The maximum absolute atomic E-state index is 8.73. The summed E-state index contributed by atoms with van der Waals surface area (Å²) in [6, 6.07) is 0.577. The fraction of sp³-hybridized carbons (Fsp3) is 0.929. The van der Waals surface area contributed by atoms with Crippen LogP contribution in [-0.2, 0) is 0 Å². The van der Waals surface area contributed by atoms with Gasteiger partial charge in [-0.1, -0.05) is 38.3 Å². The average molecular weight is 255 g/mol. The zero-order chi connectivity index (χ0) is 13.6. The minimum Gasteiger partial charge on any atom is -0.409 e. The summed E-state index contributed by atoms with van der Waals surface area (Å²) in [5.41, 5.74) is 5.44. The van der Waals surface area contributed by atoms with Crippen LogP contribution >= 0.6 is 0 Å². The third-order valence-corrected chi connectivity index (χ3v) is 4.37. The molecule has 0 heterocycles. The van der Waals surface area contributed by atoms with Crippen LogP contribution in [0.25, 0.3) is 0 Å². The van der Waals surface area contributed by atoms with Crippen LogP contribution in [0.1, 0.15) is 59.3 Å². The Balaban J connectivity index is 2.28. The Morgan fingerprint density at radius 1 is 1.39 bits per heavy atom. The second kappa shape index (κ2) is 6.98. The normalized spacial score (nSPS) is 20.9. The van der Waals surface area contributed by atoms with Crippen LogP contribution in [0.5, 0.6) is 0 Å². The summed E-state index contributed by atoms with van der Waals surface area (Å²) in [6.45, 7) is 7.22. The lowest BCUT2D eigenvalue weighted by Gasteiger charge is -2.30. The Morgan fingerprint density at radius 3 is 2.56 bits per heavy atom. The topological polar surface area (TPSA) is 70.6 Å². The zero-order valence-electron chi connectivity index (χ0n) is 12.1. The van der Waals surface area contributed by atoms with Gasteiger partial charge >= 0.3 is 0 Å². The molecule has 0 amide bonds. The first-order valence-corrected chi connectivity index (χ1v) is 7.19. The van der Waals surface area contributed by atoms with Gasteiger partial charge in [-0.15, -0.1) is 0 Å². The lowest BCUT2D eigenvalue weighted by atomic mass is 9.84. The Bertz CT molecular complexity index is 270. The van der Waals surface area contributed by atoms with Gasteiger partial charge in [-0.05, 0) is 38.6 Å². The molecule has 4 nitrogen and oxygen atoms in total. The van der Waals surface area contributed by atoms with E-state index in [4.69, 9.17) is 10.9 Å². The lowest BCUT2D eigenvalue weighted by Crippen LogP contribution is -2.39. The van der Waals surface area contributed by atoms with Crippen molar-refractivity contribution in [3.05, 3.63) is 0 Å². The summed E-state index contributed by atoms with van der Waals surface area (Å²) in [4.78, 5) is 0. The molecule has 0 aromatic carbocycles. The van der Waals surface area contributed by atoms with Gasteiger partial charge in [0.2, 0.25) is 0 Å². The van der Waals surface area contributed by atoms with Crippen molar-refractivity contribution >= 4 is 5.84 Å². The summed E-state index contributed by atoms with van der Waals surface area (Å²) in [6.07, 6.45) is 7.77. The van der Waals surface area contributed by atoms with Crippen molar-refractivity contribution in [1.82, 2.24) is 5.32 Å². The molecule has 0 saturated heterocycles. The highest BCUT2D eigenvalue weighted by atomic mass is 16.4. The van der Waals surface area contributed by atoms with Crippen LogP contribution in [0.2, 0.25) is 0 Å². The maximum Gasteiger partial charge on any atom is 0.144 e. The SMILES string of the molecule is C[C@H](NCCC(C)(C)C(N)=NO)C1CCCCC1. The maximum atomic E-state index is 8.73. The Morgan fingerprint density at radius 2 is 2.00 bits per heavy atom. The number of rotatable bonds is 6. The Hall–Kier alpha value is -0.770. The van der Waals surface area contributed by atoms with Crippen molar-refractivity contribution in [2.45, 2.75) is 65.3 Å². The molecular formula is C14H29N3O. The van der Waals surface area contributed by atoms with Gasteiger partial charge in [-0.3, -0.25) is 0 Å². The molecule has 1 atom stereocenters. The monoisotopic (exact) mass is 255 g/mol. The van der Waals surface area contributed by atoms with E-state index in [0.717, 1.165) is 18.9 Å². The third-order valence-electron chi connectivity index (χ3n) is 4.37. The van der Waals surface area contributed by atoms with Gasteiger partial charge < -0.3 is 16.3 Å². The van der Waals surface area contributed by atoms with E-state index in [0.29, 0.717) is 11.9 Å². The van der Waals surface area contributed by atoms with E-state index in [1.165, 1.54) is 32.1 Å². The predicted molar refractivity (Wildman–Crippen MR) is 75.8 cm³/mol. The second-order valence-electron chi connectivity index (χ2n) is 6.26. The first-order chi connectivity index (χ1) is 8.47. The highest BCUT2D eigenvalue weighted by molar-refractivity contribution is 5.85. The number of nitrogens with one attached hydrogen (secondary N) is 1. The summed E-state index contributed by atoms with van der Waals surface area (Å²) < 4.78 is 0. The molecule has 1 fully saturated rings. The van der Waals surface area contributed by atoms with Gasteiger partial charge in [0.1, 0.15) is 5.84 Å². The van der Waals surface area contributed by atoms with E-state index < -0.39 is 0 Å². The van der Waals surface area contributed by atoms with Crippen LogP contribution in [0.3, 0.4) is 0 Å². The van der Waals surface area contributed by atoms with Crippen molar-refractivity contribution in [2.24, 2.45) is 22.2 Å². The van der Waals surface area contributed by atoms with Gasteiger partial charge in [0, 0.05) is 11.5 Å². The highest BCUT2D eigenvalue weighted by Crippen LogP contribution is 2.26. The third kappa shape index (κ3) is 4.48. The Labute approximate surface area is 111 Å². The van der Waals surface area contributed by atoms with E-state index in [2.05, 4.69) is 17.4 Å². The van der Waals surface area contributed by atoms with E-state index >= 15 is 0 Å². The summed E-state index contributed by atoms with van der Waals surface area (Å²) >= 11 is 0. The molecule has 1 aliphatic carbocycles. The van der Waals surface area contributed by atoms with E-state index in [1.807, 2.05) is 13.8 Å². The molecule has 0 aromatic heterocycles. The van der Waals surface area contributed by atoms with Gasteiger partial charge in [0.15, 0.2) is 0 Å². The average Bonchev–Trinajstić information content (AvgIpc) is 2.38. The highest BCUT2D eigenvalue weighted by Gasteiger charge is 2.24. The first kappa shape index (κ1) is 15.3. The van der Waals surface area contributed by atoms with E-state index in [-0.39, 0.29) is 5.41 Å². The number of nitrogens with two attached hydrogens (primary N) is 1. The predicted octanol–water partition coefficient (Wildman–Crippen LogP) is 2.71. The number of nitrogens with zero attached hydrogens (tertiary/aromatic N) is 1. The molecule has 0 bridgehead atoms. The van der Waals surface area contributed by atoms with Crippen molar-refractivity contribution in [1.29, 1.82) is 0 Å². The van der Waals surface area contributed by atoms with Crippen molar-refractivity contribution < 1.29 is 5.21 Å². The summed E-state index contributed by atoms with van der Waals surface area (Å²) in [5, 5.41) is 15.4. The van der Waals surface area contributed by atoms with Crippen molar-refractivity contribution in [3.8, 4) is 0 Å². The van der Waals surface area contributed by atoms with E-state index in [1.54, 1.807) is 0 Å². The van der Waals surface area contributed by atoms with Gasteiger partial charge in [-0.2, -0.15) is 0 Å². The Kier molecular flexibility index (Phi) is 5.93. The number of amidine groups is 1. The van der Waals surface area contributed by atoms with Crippen LogP contribution in [0, 0.1) is 11.3 Å².